The predicted octanol–water partition coefficient (Wildman–Crippen LogP) is 1.59. The van der Waals surface area contributed by atoms with Crippen LogP contribution in [-0.2, 0) is 19.6 Å². The number of rotatable bonds is 4. The van der Waals surface area contributed by atoms with E-state index in [1.807, 2.05) is 0 Å². The van der Waals surface area contributed by atoms with Crippen LogP contribution in [0.15, 0.2) is 0 Å². The monoisotopic (exact) mass is 272 g/mol. The lowest BCUT2D eigenvalue weighted by Crippen LogP contribution is -2.35. The summed E-state index contributed by atoms with van der Waals surface area (Å²) in [6, 6.07) is 0. The van der Waals surface area contributed by atoms with Crippen molar-refractivity contribution in [1.82, 2.24) is 0 Å². The van der Waals surface area contributed by atoms with Gasteiger partial charge in [0.05, 0.1) is 5.92 Å². The summed E-state index contributed by atoms with van der Waals surface area (Å²) in [6.07, 6.45) is 3.78. The summed E-state index contributed by atoms with van der Waals surface area (Å²) in [4.78, 5) is 11.3. The topological polar surface area (TPSA) is 80.7 Å². The zero-order valence-corrected chi connectivity index (χ0v) is 9.88. The van der Waals surface area contributed by atoms with Gasteiger partial charge in [0.1, 0.15) is 0 Å². The highest BCUT2D eigenvalue weighted by molar-refractivity contribution is 7.86. The molecule has 1 aliphatic rings. The fourth-order valence-corrected chi connectivity index (χ4v) is 1.89. The number of carbonyl (C=O) groups excluding carboxylic acids is 1. The van der Waals surface area contributed by atoms with Crippen molar-refractivity contribution in [3.8, 4) is 0 Å². The molecule has 8 heteroatoms. The van der Waals surface area contributed by atoms with Gasteiger partial charge in [0, 0.05) is 0 Å². The number of ether oxygens (including phenoxy) is 1. The number of hydrogen-bond acceptors (Lipinski definition) is 4. The van der Waals surface area contributed by atoms with Crippen molar-refractivity contribution >= 4 is 16.1 Å². The van der Waals surface area contributed by atoms with Crippen LogP contribution in [0.25, 0.3) is 0 Å². The lowest BCUT2D eigenvalue weighted by molar-refractivity contribution is -0.155. The molecule has 0 saturated heterocycles. The Balaban J connectivity index is 2.47. The van der Waals surface area contributed by atoms with Gasteiger partial charge in [-0.05, 0) is 12.8 Å². The number of carbonyl (C=O) groups is 1. The number of alkyl halides is 2. The van der Waals surface area contributed by atoms with Crippen LogP contribution in [0.5, 0.6) is 0 Å². The van der Waals surface area contributed by atoms with E-state index in [4.69, 9.17) is 4.55 Å². The van der Waals surface area contributed by atoms with Crippen molar-refractivity contribution in [2.75, 3.05) is 6.61 Å². The SMILES string of the molecule is O=C(OCC(F)(F)S(=O)(=O)O)C1CCCCC1. The molecule has 0 aromatic carbocycles. The van der Waals surface area contributed by atoms with Gasteiger partial charge in [0.15, 0.2) is 6.61 Å². The van der Waals surface area contributed by atoms with Crippen LogP contribution in [0.4, 0.5) is 8.78 Å². The molecule has 0 heterocycles. The molecule has 100 valence electrons. The summed E-state index contributed by atoms with van der Waals surface area (Å²) in [6.45, 7) is -1.64. The third-order valence-electron chi connectivity index (χ3n) is 2.70. The maximum absolute atomic E-state index is 12.7. The fourth-order valence-electron chi connectivity index (χ4n) is 1.69. The van der Waals surface area contributed by atoms with Gasteiger partial charge in [-0.15, -0.1) is 0 Å². The zero-order valence-electron chi connectivity index (χ0n) is 9.06. The van der Waals surface area contributed by atoms with E-state index in [1.54, 1.807) is 0 Å². The molecule has 1 aliphatic carbocycles. The third kappa shape index (κ3) is 3.88. The molecule has 1 N–H and O–H groups in total. The second-order valence-electron chi connectivity index (χ2n) is 4.06. The predicted molar refractivity (Wildman–Crippen MR) is 54.0 cm³/mol. The Kier molecular flexibility index (Phi) is 4.42. The summed E-state index contributed by atoms with van der Waals surface area (Å²) >= 11 is 0. The first-order valence-corrected chi connectivity index (χ1v) is 6.69. The summed E-state index contributed by atoms with van der Waals surface area (Å²) in [7, 11) is -5.54. The van der Waals surface area contributed by atoms with E-state index in [0.29, 0.717) is 12.8 Å². The standard InChI is InChI=1S/C9H14F2O5S/c10-9(11,17(13,14)15)6-16-8(12)7-4-2-1-3-5-7/h7H,1-6H2,(H,13,14,15). The Morgan fingerprint density at radius 3 is 2.29 bits per heavy atom. The molecule has 0 atom stereocenters. The van der Waals surface area contributed by atoms with Gasteiger partial charge in [-0.2, -0.15) is 17.2 Å². The van der Waals surface area contributed by atoms with Crippen molar-refractivity contribution in [3.05, 3.63) is 0 Å². The summed E-state index contributed by atoms with van der Waals surface area (Å²) in [5, 5.41) is -4.45. The van der Waals surface area contributed by atoms with Gasteiger partial charge in [-0.3, -0.25) is 9.35 Å². The average molecular weight is 272 g/mol. The van der Waals surface area contributed by atoms with Crippen molar-refractivity contribution in [1.29, 1.82) is 0 Å². The highest BCUT2D eigenvalue weighted by Gasteiger charge is 2.46. The number of halogens is 2. The lowest BCUT2D eigenvalue weighted by atomic mass is 9.89. The molecule has 0 radical (unpaired) electrons. The second-order valence-corrected chi connectivity index (χ2v) is 5.60. The molecular formula is C9H14F2O5S. The smallest absolute Gasteiger partial charge is 0.402 e. The van der Waals surface area contributed by atoms with Gasteiger partial charge in [0.25, 0.3) is 0 Å². The molecule has 1 fully saturated rings. The van der Waals surface area contributed by atoms with E-state index >= 15 is 0 Å². The molecule has 0 bridgehead atoms. The van der Waals surface area contributed by atoms with Gasteiger partial charge in [0.2, 0.25) is 0 Å². The largest absolute Gasteiger partial charge is 0.458 e. The van der Waals surface area contributed by atoms with Gasteiger partial charge < -0.3 is 4.74 Å². The van der Waals surface area contributed by atoms with Crippen molar-refractivity contribution in [3.63, 3.8) is 0 Å². The molecule has 0 spiro atoms. The van der Waals surface area contributed by atoms with Crippen LogP contribution in [0, 0.1) is 5.92 Å². The first-order valence-electron chi connectivity index (χ1n) is 5.25. The quantitative estimate of drug-likeness (QED) is 0.621. The molecule has 5 nitrogen and oxygen atoms in total. The maximum atomic E-state index is 12.7. The molecular weight excluding hydrogens is 258 g/mol. The van der Waals surface area contributed by atoms with E-state index in [9.17, 15) is 22.0 Å². The van der Waals surface area contributed by atoms with E-state index in [-0.39, 0.29) is 0 Å². The molecule has 0 aromatic heterocycles. The minimum absolute atomic E-state index is 0.444. The van der Waals surface area contributed by atoms with Crippen molar-refractivity contribution < 1.29 is 31.3 Å². The molecule has 1 rings (SSSR count). The zero-order chi connectivity index (χ0) is 13.1. The van der Waals surface area contributed by atoms with E-state index in [1.165, 1.54) is 0 Å². The van der Waals surface area contributed by atoms with Crippen LogP contribution in [0.1, 0.15) is 32.1 Å². The highest BCUT2D eigenvalue weighted by Crippen LogP contribution is 2.26. The normalized spacial score (nSPS) is 19.0. The Hall–Kier alpha value is -0.760. The Labute approximate surface area is 97.9 Å². The van der Waals surface area contributed by atoms with Crippen LogP contribution < -0.4 is 0 Å². The van der Waals surface area contributed by atoms with Crippen molar-refractivity contribution in [2.24, 2.45) is 5.92 Å². The number of esters is 1. The molecule has 0 amide bonds. The van der Waals surface area contributed by atoms with Crippen molar-refractivity contribution in [2.45, 2.75) is 37.4 Å². The van der Waals surface area contributed by atoms with Crippen LogP contribution in [0.2, 0.25) is 0 Å². The van der Waals surface area contributed by atoms with E-state index in [2.05, 4.69) is 4.74 Å². The third-order valence-corrected chi connectivity index (χ3v) is 3.57. The molecule has 0 aromatic rings. The van der Waals surface area contributed by atoms with E-state index < -0.39 is 33.9 Å². The Bertz CT molecular complexity index is 373. The highest BCUT2D eigenvalue weighted by atomic mass is 32.2. The van der Waals surface area contributed by atoms with Gasteiger partial charge in [-0.25, -0.2) is 0 Å². The first kappa shape index (κ1) is 14.3. The summed E-state index contributed by atoms with van der Waals surface area (Å²) < 4.78 is 58.4. The second kappa shape index (κ2) is 5.26. The number of hydrogen-bond donors (Lipinski definition) is 1. The Morgan fingerprint density at radius 1 is 1.29 bits per heavy atom. The van der Waals surface area contributed by atoms with Gasteiger partial charge >= 0.3 is 21.3 Å². The minimum Gasteiger partial charge on any atom is -0.458 e. The van der Waals surface area contributed by atoms with Crippen LogP contribution in [-0.4, -0.2) is 30.8 Å². The molecule has 17 heavy (non-hydrogen) atoms. The maximum Gasteiger partial charge on any atom is 0.402 e. The minimum atomic E-state index is -5.54. The molecule has 1 saturated carbocycles. The molecule has 0 unspecified atom stereocenters. The van der Waals surface area contributed by atoms with Crippen LogP contribution >= 0.6 is 0 Å². The molecule has 0 aliphatic heterocycles. The Morgan fingerprint density at radius 2 is 1.82 bits per heavy atom. The van der Waals surface area contributed by atoms with Gasteiger partial charge in [-0.1, -0.05) is 19.3 Å². The summed E-state index contributed by atoms with van der Waals surface area (Å²) in [5.74, 6) is -1.27. The van der Waals surface area contributed by atoms with E-state index in [0.717, 1.165) is 19.3 Å². The average Bonchev–Trinajstić information content (AvgIpc) is 2.25. The fraction of sp³-hybridized carbons (Fsp3) is 0.889. The first-order chi connectivity index (χ1) is 7.74. The summed E-state index contributed by atoms with van der Waals surface area (Å²) in [5.41, 5.74) is 0. The van der Waals surface area contributed by atoms with Crippen LogP contribution in [0.3, 0.4) is 0 Å². The lowest BCUT2D eigenvalue weighted by Gasteiger charge is -2.21.